The lowest BCUT2D eigenvalue weighted by atomic mass is 10.1. The highest BCUT2D eigenvalue weighted by Crippen LogP contribution is 2.18. The highest BCUT2D eigenvalue weighted by molar-refractivity contribution is 5.80. The molecule has 5 heteroatoms. The van der Waals surface area contributed by atoms with E-state index in [0.717, 1.165) is 11.5 Å². The molecule has 0 aromatic heterocycles. The monoisotopic (exact) mass is 293 g/mol. The first kappa shape index (κ1) is 15.8. The maximum absolute atomic E-state index is 13.0. The van der Waals surface area contributed by atoms with Crippen molar-refractivity contribution < 1.29 is 9.13 Å². The number of rotatable bonds is 5. The van der Waals surface area contributed by atoms with E-state index in [1.54, 1.807) is 26.3 Å². The van der Waals surface area contributed by atoms with Gasteiger partial charge in [-0.2, -0.15) is 0 Å². The van der Waals surface area contributed by atoms with Gasteiger partial charge in [0.15, 0.2) is 5.96 Å². The van der Waals surface area contributed by atoms with Gasteiger partial charge in [-0.15, -0.1) is 0 Å². The third kappa shape index (κ3) is 4.70. The van der Waals surface area contributed by atoms with Gasteiger partial charge in [0.1, 0.15) is 5.82 Å². The van der Waals surface area contributed by atoms with Gasteiger partial charge >= 0.3 is 0 Å². The van der Waals surface area contributed by atoms with E-state index in [1.807, 2.05) is 0 Å². The summed E-state index contributed by atoms with van der Waals surface area (Å²) in [7, 11) is 3.42. The Labute approximate surface area is 125 Å². The molecule has 0 radical (unpaired) electrons. The number of hydrogen-bond donors (Lipinski definition) is 2. The standard InChI is InChI=1S/C16H24FN3O/c1-18-16(20-14-5-3-4-6-14)19-11-15(21-2)12-7-9-13(17)10-8-12/h7-10,14-15H,3-6,11H2,1-2H3,(H2,18,19,20). The van der Waals surface area contributed by atoms with E-state index >= 15 is 0 Å². The van der Waals surface area contributed by atoms with Crippen molar-refractivity contribution in [3.05, 3.63) is 35.6 Å². The molecule has 1 aliphatic carbocycles. The van der Waals surface area contributed by atoms with Gasteiger partial charge in [-0.3, -0.25) is 4.99 Å². The minimum atomic E-state index is -0.236. The Morgan fingerprint density at radius 2 is 2.00 bits per heavy atom. The Morgan fingerprint density at radius 3 is 2.57 bits per heavy atom. The highest BCUT2D eigenvalue weighted by Gasteiger charge is 2.17. The van der Waals surface area contributed by atoms with E-state index < -0.39 is 0 Å². The van der Waals surface area contributed by atoms with Crippen molar-refractivity contribution in [1.29, 1.82) is 0 Å². The molecule has 2 N–H and O–H groups in total. The minimum absolute atomic E-state index is 0.132. The Bertz CT molecular complexity index is 455. The lowest BCUT2D eigenvalue weighted by molar-refractivity contribution is 0.106. The number of ether oxygens (including phenoxy) is 1. The van der Waals surface area contributed by atoms with Gasteiger partial charge in [0, 0.05) is 26.7 Å². The van der Waals surface area contributed by atoms with E-state index in [-0.39, 0.29) is 11.9 Å². The molecule has 1 aromatic carbocycles. The van der Waals surface area contributed by atoms with Gasteiger partial charge in [0.2, 0.25) is 0 Å². The van der Waals surface area contributed by atoms with Gasteiger partial charge in [-0.25, -0.2) is 4.39 Å². The Kier molecular flexibility index (Phi) is 5.99. The average molecular weight is 293 g/mol. The molecule has 1 atom stereocenters. The normalized spacial score (nSPS) is 17.8. The van der Waals surface area contributed by atoms with Crippen LogP contribution in [0.5, 0.6) is 0 Å². The molecule has 0 heterocycles. The zero-order valence-corrected chi connectivity index (χ0v) is 12.7. The maximum Gasteiger partial charge on any atom is 0.191 e. The van der Waals surface area contributed by atoms with Crippen molar-refractivity contribution >= 4 is 5.96 Å². The quantitative estimate of drug-likeness (QED) is 0.648. The number of guanidine groups is 1. The Morgan fingerprint density at radius 1 is 1.33 bits per heavy atom. The molecule has 2 rings (SSSR count). The number of halogens is 1. The third-order valence-electron chi connectivity index (χ3n) is 3.90. The molecule has 1 saturated carbocycles. The van der Waals surface area contributed by atoms with Crippen LogP contribution in [0.1, 0.15) is 37.4 Å². The molecular weight excluding hydrogens is 269 g/mol. The predicted molar refractivity (Wildman–Crippen MR) is 82.9 cm³/mol. The molecule has 0 bridgehead atoms. The smallest absolute Gasteiger partial charge is 0.191 e. The number of aliphatic imine (C=N–C) groups is 1. The lowest BCUT2D eigenvalue weighted by Gasteiger charge is -2.21. The van der Waals surface area contributed by atoms with Crippen molar-refractivity contribution in [2.75, 3.05) is 20.7 Å². The summed E-state index contributed by atoms with van der Waals surface area (Å²) in [5.74, 6) is 0.561. The van der Waals surface area contributed by atoms with E-state index in [0.29, 0.717) is 12.6 Å². The minimum Gasteiger partial charge on any atom is -0.375 e. The van der Waals surface area contributed by atoms with Crippen LogP contribution < -0.4 is 10.6 Å². The van der Waals surface area contributed by atoms with Crippen molar-refractivity contribution in [2.24, 2.45) is 4.99 Å². The molecule has 116 valence electrons. The van der Waals surface area contributed by atoms with Gasteiger partial charge in [-0.1, -0.05) is 25.0 Å². The van der Waals surface area contributed by atoms with Crippen molar-refractivity contribution in [3.63, 3.8) is 0 Å². The van der Waals surface area contributed by atoms with Gasteiger partial charge in [-0.05, 0) is 30.5 Å². The van der Waals surface area contributed by atoms with E-state index in [1.165, 1.54) is 37.8 Å². The van der Waals surface area contributed by atoms with Crippen molar-refractivity contribution in [3.8, 4) is 0 Å². The lowest BCUT2D eigenvalue weighted by Crippen LogP contribution is -2.43. The summed E-state index contributed by atoms with van der Waals surface area (Å²) in [4.78, 5) is 4.24. The fourth-order valence-electron chi connectivity index (χ4n) is 2.66. The maximum atomic E-state index is 13.0. The zero-order chi connectivity index (χ0) is 15.1. The van der Waals surface area contributed by atoms with Crippen molar-refractivity contribution in [1.82, 2.24) is 10.6 Å². The van der Waals surface area contributed by atoms with E-state index in [9.17, 15) is 4.39 Å². The van der Waals surface area contributed by atoms with E-state index in [2.05, 4.69) is 15.6 Å². The van der Waals surface area contributed by atoms with Crippen LogP contribution in [-0.2, 0) is 4.74 Å². The molecule has 1 aliphatic rings. The number of methoxy groups -OCH3 is 1. The molecule has 21 heavy (non-hydrogen) atoms. The summed E-state index contributed by atoms with van der Waals surface area (Å²) in [6.07, 6.45) is 4.84. The van der Waals surface area contributed by atoms with Gasteiger partial charge in [0.25, 0.3) is 0 Å². The first-order valence-corrected chi connectivity index (χ1v) is 7.48. The predicted octanol–water partition coefficient (Wildman–Crippen LogP) is 2.62. The molecule has 0 saturated heterocycles. The van der Waals surface area contributed by atoms with Gasteiger partial charge in [0.05, 0.1) is 6.10 Å². The average Bonchev–Trinajstić information content (AvgIpc) is 3.01. The second kappa shape index (κ2) is 7.98. The first-order chi connectivity index (χ1) is 10.2. The topological polar surface area (TPSA) is 45.7 Å². The van der Waals surface area contributed by atoms with Crippen LogP contribution in [0, 0.1) is 5.82 Å². The van der Waals surface area contributed by atoms with Crippen LogP contribution in [0.15, 0.2) is 29.3 Å². The number of nitrogens with one attached hydrogen (secondary N) is 2. The number of nitrogens with zero attached hydrogens (tertiary/aromatic N) is 1. The highest BCUT2D eigenvalue weighted by atomic mass is 19.1. The summed E-state index contributed by atoms with van der Waals surface area (Å²) < 4.78 is 18.4. The van der Waals surface area contributed by atoms with Crippen LogP contribution in [0.3, 0.4) is 0 Å². The summed E-state index contributed by atoms with van der Waals surface area (Å²) in [5, 5.41) is 6.71. The molecule has 1 fully saturated rings. The number of hydrogen-bond acceptors (Lipinski definition) is 2. The second-order valence-electron chi connectivity index (χ2n) is 5.35. The third-order valence-corrected chi connectivity index (χ3v) is 3.90. The molecule has 1 unspecified atom stereocenters. The molecule has 1 aromatic rings. The molecule has 0 spiro atoms. The largest absolute Gasteiger partial charge is 0.375 e. The van der Waals surface area contributed by atoms with Crippen LogP contribution in [0.4, 0.5) is 4.39 Å². The molecule has 0 amide bonds. The van der Waals surface area contributed by atoms with Gasteiger partial charge < -0.3 is 15.4 Å². The Balaban J connectivity index is 1.87. The zero-order valence-electron chi connectivity index (χ0n) is 12.7. The summed E-state index contributed by atoms with van der Waals surface area (Å²) in [5.41, 5.74) is 0.947. The summed E-state index contributed by atoms with van der Waals surface area (Å²) in [6.45, 7) is 0.592. The summed E-state index contributed by atoms with van der Waals surface area (Å²) in [6, 6.07) is 6.92. The van der Waals surface area contributed by atoms with Crippen molar-refractivity contribution in [2.45, 2.75) is 37.8 Å². The van der Waals surface area contributed by atoms with Crippen LogP contribution in [0.25, 0.3) is 0 Å². The van der Waals surface area contributed by atoms with Crippen LogP contribution in [-0.4, -0.2) is 32.7 Å². The fourth-order valence-corrected chi connectivity index (χ4v) is 2.66. The Hall–Kier alpha value is -1.62. The molecule has 0 aliphatic heterocycles. The van der Waals surface area contributed by atoms with Crippen LogP contribution in [0.2, 0.25) is 0 Å². The molecule has 4 nitrogen and oxygen atoms in total. The SMILES string of the molecule is CN=C(NCC(OC)c1ccc(F)cc1)NC1CCCC1. The fraction of sp³-hybridized carbons (Fsp3) is 0.562. The second-order valence-corrected chi connectivity index (χ2v) is 5.35. The molecular formula is C16H24FN3O. The van der Waals surface area contributed by atoms with Crippen LogP contribution >= 0.6 is 0 Å². The first-order valence-electron chi connectivity index (χ1n) is 7.48. The summed E-state index contributed by atoms with van der Waals surface area (Å²) >= 11 is 0. The number of benzene rings is 1. The van der Waals surface area contributed by atoms with E-state index in [4.69, 9.17) is 4.74 Å².